The van der Waals surface area contributed by atoms with E-state index < -0.39 is 0 Å². The Kier molecular flexibility index (Phi) is 6.49. The van der Waals surface area contributed by atoms with Crippen molar-refractivity contribution in [3.05, 3.63) is 76.8 Å². The molecule has 3 aromatic rings. The second kappa shape index (κ2) is 9.24. The van der Waals surface area contributed by atoms with Gasteiger partial charge in [0.2, 0.25) is 5.91 Å². The fourth-order valence-electron chi connectivity index (χ4n) is 2.67. The lowest BCUT2D eigenvalue weighted by Crippen LogP contribution is -2.26. The summed E-state index contributed by atoms with van der Waals surface area (Å²) in [5.74, 6) is 1.41. The van der Waals surface area contributed by atoms with E-state index in [9.17, 15) is 4.79 Å². The molecule has 0 aromatic heterocycles. The molecule has 0 aliphatic rings. The zero-order valence-electron chi connectivity index (χ0n) is 14.9. The maximum atomic E-state index is 12.0. The zero-order valence-corrected chi connectivity index (χ0v) is 16.5. The SMILES string of the molecule is COc1ccc(/C=C/C(=O)NCCOc2cccc3ccccc23)cc1Br. The number of methoxy groups -OCH3 is 1. The highest BCUT2D eigenvalue weighted by Gasteiger charge is 2.02. The summed E-state index contributed by atoms with van der Waals surface area (Å²) >= 11 is 3.43. The molecule has 0 saturated heterocycles. The maximum absolute atomic E-state index is 12.0. The van der Waals surface area contributed by atoms with Crippen molar-refractivity contribution in [3.63, 3.8) is 0 Å². The van der Waals surface area contributed by atoms with E-state index in [0.717, 1.165) is 32.3 Å². The monoisotopic (exact) mass is 425 g/mol. The largest absolute Gasteiger partial charge is 0.496 e. The summed E-state index contributed by atoms with van der Waals surface area (Å²) in [5, 5.41) is 5.02. The Balaban J connectivity index is 1.49. The number of rotatable bonds is 7. The van der Waals surface area contributed by atoms with Crippen LogP contribution < -0.4 is 14.8 Å². The Hall–Kier alpha value is -2.79. The highest BCUT2D eigenvalue weighted by Crippen LogP contribution is 2.26. The summed E-state index contributed by atoms with van der Waals surface area (Å²) in [6.07, 6.45) is 3.26. The van der Waals surface area contributed by atoms with Crippen molar-refractivity contribution >= 4 is 38.7 Å². The topological polar surface area (TPSA) is 47.6 Å². The van der Waals surface area contributed by atoms with E-state index in [1.165, 1.54) is 6.08 Å². The molecule has 4 nitrogen and oxygen atoms in total. The lowest BCUT2D eigenvalue weighted by Gasteiger charge is -2.09. The first-order valence-corrected chi connectivity index (χ1v) is 9.36. The van der Waals surface area contributed by atoms with Gasteiger partial charge in [-0.25, -0.2) is 0 Å². The van der Waals surface area contributed by atoms with Gasteiger partial charge >= 0.3 is 0 Å². The third-order valence-electron chi connectivity index (χ3n) is 4.01. The second-order valence-electron chi connectivity index (χ2n) is 5.84. The molecular weight excluding hydrogens is 406 g/mol. The van der Waals surface area contributed by atoms with Gasteiger partial charge in [0.05, 0.1) is 18.1 Å². The fourth-order valence-corrected chi connectivity index (χ4v) is 3.23. The molecule has 1 amide bonds. The van der Waals surface area contributed by atoms with Crippen molar-refractivity contribution in [1.29, 1.82) is 0 Å². The summed E-state index contributed by atoms with van der Waals surface area (Å²) in [7, 11) is 1.61. The number of amides is 1. The van der Waals surface area contributed by atoms with Gasteiger partial charge in [-0.3, -0.25) is 4.79 Å². The minimum Gasteiger partial charge on any atom is -0.496 e. The van der Waals surface area contributed by atoms with E-state index in [1.807, 2.05) is 60.7 Å². The molecule has 0 unspecified atom stereocenters. The first kappa shape index (κ1) is 19.0. The molecule has 138 valence electrons. The van der Waals surface area contributed by atoms with Crippen molar-refractivity contribution in [2.24, 2.45) is 0 Å². The van der Waals surface area contributed by atoms with Crippen LogP contribution in [0.2, 0.25) is 0 Å². The third-order valence-corrected chi connectivity index (χ3v) is 4.63. The molecule has 0 aliphatic carbocycles. The molecule has 0 spiro atoms. The fraction of sp³-hybridized carbons (Fsp3) is 0.136. The molecule has 0 atom stereocenters. The van der Waals surface area contributed by atoms with Gasteiger partial charge in [0.25, 0.3) is 0 Å². The van der Waals surface area contributed by atoms with Gasteiger partial charge in [0.15, 0.2) is 0 Å². The number of nitrogens with one attached hydrogen (secondary N) is 1. The van der Waals surface area contributed by atoms with Crippen LogP contribution in [0.4, 0.5) is 0 Å². The second-order valence-corrected chi connectivity index (χ2v) is 6.70. The van der Waals surface area contributed by atoms with Crippen LogP contribution in [0.15, 0.2) is 71.2 Å². The van der Waals surface area contributed by atoms with E-state index in [2.05, 4.69) is 21.2 Å². The van der Waals surface area contributed by atoms with Gasteiger partial charge in [-0.05, 0) is 51.2 Å². The zero-order chi connectivity index (χ0) is 19.1. The van der Waals surface area contributed by atoms with Crippen LogP contribution in [0.25, 0.3) is 16.8 Å². The van der Waals surface area contributed by atoms with Crippen LogP contribution in [-0.4, -0.2) is 26.2 Å². The molecule has 5 heteroatoms. The number of carbonyl (C=O) groups excluding carboxylic acids is 1. The lowest BCUT2D eigenvalue weighted by atomic mass is 10.1. The van der Waals surface area contributed by atoms with Gasteiger partial charge < -0.3 is 14.8 Å². The number of ether oxygens (including phenoxy) is 2. The minimum absolute atomic E-state index is 0.163. The number of carbonyl (C=O) groups is 1. The predicted octanol–water partition coefficient (Wildman–Crippen LogP) is 4.82. The molecule has 1 N–H and O–H groups in total. The van der Waals surface area contributed by atoms with Crippen LogP contribution in [0.3, 0.4) is 0 Å². The number of fused-ring (bicyclic) bond motifs is 1. The van der Waals surface area contributed by atoms with Gasteiger partial charge in [0.1, 0.15) is 18.1 Å². The van der Waals surface area contributed by atoms with Gasteiger partial charge in [-0.15, -0.1) is 0 Å². The van der Waals surface area contributed by atoms with Crippen molar-refractivity contribution < 1.29 is 14.3 Å². The standard InChI is InChI=1S/C22H20BrNO3/c1-26-21-11-9-16(15-19(21)23)10-12-22(25)24-13-14-27-20-8-4-6-17-5-2-3-7-18(17)20/h2-12,15H,13-14H2,1H3,(H,24,25)/b12-10+. The predicted molar refractivity (Wildman–Crippen MR) is 112 cm³/mol. The maximum Gasteiger partial charge on any atom is 0.244 e. The summed E-state index contributed by atoms with van der Waals surface area (Å²) in [4.78, 5) is 12.0. The lowest BCUT2D eigenvalue weighted by molar-refractivity contribution is -0.116. The Bertz CT molecular complexity index is 963. The number of hydrogen-bond donors (Lipinski definition) is 1. The van der Waals surface area contributed by atoms with E-state index in [4.69, 9.17) is 9.47 Å². The van der Waals surface area contributed by atoms with E-state index in [1.54, 1.807) is 13.2 Å². The van der Waals surface area contributed by atoms with E-state index in [-0.39, 0.29) is 5.91 Å². The molecule has 3 aromatic carbocycles. The summed E-state index contributed by atoms with van der Waals surface area (Å²) in [5.41, 5.74) is 0.907. The van der Waals surface area contributed by atoms with Crippen molar-refractivity contribution in [2.75, 3.05) is 20.3 Å². The molecule has 0 aliphatic heterocycles. The summed E-state index contributed by atoms with van der Waals surface area (Å²) < 4.78 is 11.8. The molecule has 0 heterocycles. The van der Waals surface area contributed by atoms with Crippen LogP contribution in [-0.2, 0) is 4.79 Å². The summed E-state index contributed by atoms with van der Waals surface area (Å²) in [6, 6.07) is 19.6. The Morgan fingerprint density at radius 1 is 1.07 bits per heavy atom. The minimum atomic E-state index is -0.163. The average molecular weight is 426 g/mol. The van der Waals surface area contributed by atoms with E-state index in [0.29, 0.717) is 13.2 Å². The Labute approximate surface area is 166 Å². The molecule has 27 heavy (non-hydrogen) atoms. The van der Waals surface area contributed by atoms with Crippen LogP contribution in [0, 0.1) is 0 Å². The average Bonchev–Trinajstić information content (AvgIpc) is 2.70. The molecule has 0 bridgehead atoms. The van der Waals surface area contributed by atoms with E-state index >= 15 is 0 Å². The molecule has 3 rings (SSSR count). The normalized spacial score (nSPS) is 10.9. The highest BCUT2D eigenvalue weighted by molar-refractivity contribution is 9.10. The summed E-state index contributed by atoms with van der Waals surface area (Å²) in [6.45, 7) is 0.834. The Morgan fingerprint density at radius 2 is 1.89 bits per heavy atom. The number of halogens is 1. The van der Waals surface area contributed by atoms with Crippen molar-refractivity contribution in [2.45, 2.75) is 0 Å². The number of hydrogen-bond acceptors (Lipinski definition) is 3. The van der Waals surface area contributed by atoms with Crippen LogP contribution in [0.1, 0.15) is 5.56 Å². The van der Waals surface area contributed by atoms with Crippen LogP contribution >= 0.6 is 15.9 Å². The van der Waals surface area contributed by atoms with Gasteiger partial charge in [0, 0.05) is 11.5 Å². The van der Waals surface area contributed by atoms with Crippen molar-refractivity contribution in [1.82, 2.24) is 5.32 Å². The molecule has 0 fully saturated rings. The molecule has 0 radical (unpaired) electrons. The first-order valence-electron chi connectivity index (χ1n) is 8.57. The quantitative estimate of drug-likeness (QED) is 0.435. The first-order chi connectivity index (χ1) is 13.2. The third kappa shape index (κ3) is 5.11. The van der Waals surface area contributed by atoms with Gasteiger partial charge in [-0.1, -0.05) is 42.5 Å². The highest BCUT2D eigenvalue weighted by atomic mass is 79.9. The molecular formula is C22H20BrNO3. The Morgan fingerprint density at radius 3 is 2.70 bits per heavy atom. The van der Waals surface area contributed by atoms with Crippen LogP contribution in [0.5, 0.6) is 11.5 Å². The number of benzene rings is 3. The molecule has 0 saturated carbocycles. The van der Waals surface area contributed by atoms with Gasteiger partial charge in [-0.2, -0.15) is 0 Å². The smallest absolute Gasteiger partial charge is 0.244 e. The van der Waals surface area contributed by atoms with Crippen molar-refractivity contribution in [3.8, 4) is 11.5 Å².